The van der Waals surface area contributed by atoms with Gasteiger partial charge in [0.1, 0.15) is 5.69 Å². The second-order valence-corrected chi connectivity index (χ2v) is 8.22. The van der Waals surface area contributed by atoms with Gasteiger partial charge in [-0.05, 0) is 44.9 Å². The monoisotopic (exact) mass is 441 g/mol. The number of carbonyl (C=O) groups is 2. The van der Waals surface area contributed by atoms with Gasteiger partial charge >= 0.3 is 5.97 Å². The van der Waals surface area contributed by atoms with E-state index >= 15 is 0 Å². The Morgan fingerprint density at radius 3 is 2.65 bits per heavy atom. The molecule has 8 heteroatoms. The molecule has 0 amide bonds. The van der Waals surface area contributed by atoms with Crippen molar-refractivity contribution in [3.8, 4) is 0 Å². The van der Waals surface area contributed by atoms with E-state index in [2.05, 4.69) is 16.9 Å². The van der Waals surface area contributed by atoms with E-state index in [1.165, 1.54) is 11.8 Å². The van der Waals surface area contributed by atoms with Crippen LogP contribution in [0.4, 0.5) is 0 Å². The lowest BCUT2D eigenvalue weighted by Crippen LogP contribution is -2.24. The zero-order valence-corrected chi connectivity index (χ0v) is 19.1. The highest BCUT2D eigenvalue weighted by molar-refractivity contribution is 7.99. The van der Waals surface area contributed by atoms with Crippen molar-refractivity contribution in [1.82, 2.24) is 14.5 Å². The van der Waals surface area contributed by atoms with E-state index < -0.39 is 5.97 Å². The zero-order valence-electron chi connectivity index (χ0n) is 18.3. The molecule has 1 N–H and O–H groups in total. The van der Waals surface area contributed by atoms with Crippen molar-refractivity contribution >= 4 is 34.4 Å². The van der Waals surface area contributed by atoms with Crippen LogP contribution in [0, 0.1) is 13.8 Å². The van der Waals surface area contributed by atoms with Crippen molar-refractivity contribution < 1.29 is 14.3 Å². The van der Waals surface area contributed by atoms with Crippen molar-refractivity contribution in [3.63, 3.8) is 0 Å². The molecule has 0 aliphatic heterocycles. The van der Waals surface area contributed by atoms with Gasteiger partial charge < -0.3 is 9.72 Å². The summed E-state index contributed by atoms with van der Waals surface area (Å²) in [4.78, 5) is 45.8. The van der Waals surface area contributed by atoms with E-state index in [1.54, 1.807) is 37.5 Å². The number of H-pyrrole nitrogens is 1. The second-order valence-electron chi connectivity index (χ2n) is 7.28. The maximum atomic E-state index is 13.0. The highest BCUT2D eigenvalue weighted by Crippen LogP contribution is 2.24. The minimum Gasteiger partial charge on any atom is -0.461 e. The van der Waals surface area contributed by atoms with Crippen LogP contribution in [0.15, 0.2) is 34.2 Å². The largest absolute Gasteiger partial charge is 0.461 e. The van der Waals surface area contributed by atoms with Gasteiger partial charge in [-0.25, -0.2) is 9.78 Å². The molecule has 0 spiro atoms. The summed E-state index contributed by atoms with van der Waals surface area (Å²) in [6.07, 6.45) is 1.79. The summed E-state index contributed by atoms with van der Waals surface area (Å²) in [5.41, 5.74) is 2.52. The lowest BCUT2D eigenvalue weighted by atomic mass is 10.1. The first kappa shape index (κ1) is 22.8. The fourth-order valence-electron chi connectivity index (χ4n) is 3.55. The number of para-hydroxylation sites is 1. The number of unbranched alkanes of at least 4 members (excludes halogenated alkanes) is 1. The fourth-order valence-corrected chi connectivity index (χ4v) is 4.45. The molecule has 0 unspecified atom stereocenters. The Morgan fingerprint density at radius 1 is 1.19 bits per heavy atom. The number of aromatic amines is 1. The Hall–Kier alpha value is -2.87. The van der Waals surface area contributed by atoms with Crippen LogP contribution in [0.3, 0.4) is 0 Å². The predicted molar refractivity (Wildman–Crippen MR) is 122 cm³/mol. The van der Waals surface area contributed by atoms with E-state index in [4.69, 9.17) is 4.74 Å². The summed E-state index contributed by atoms with van der Waals surface area (Å²) in [6, 6.07) is 7.24. The molecule has 3 aromatic rings. The third-order valence-corrected chi connectivity index (χ3v) is 6.07. The lowest BCUT2D eigenvalue weighted by Gasteiger charge is -2.12. The number of thioether (sulfide) groups is 1. The summed E-state index contributed by atoms with van der Waals surface area (Å²) < 4.78 is 6.72. The highest BCUT2D eigenvalue weighted by Gasteiger charge is 2.23. The number of Topliss-reactive ketones (excluding diaryl/α,β-unsaturated/α-hetero) is 1. The molecule has 2 aromatic heterocycles. The first-order valence-electron chi connectivity index (χ1n) is 10.4. The number of esters is 1. The molecule has 0 fully saturated rings. The summed E-state index contributed by atoms with van der Waals surface area (Å²) >= 11 is 1.25. The summed E-state index contributed by atoms with van der Waals surface area (Å²) in [7, 11) is 0. The van der Waals surface area contributed by atoms with Crippen molar-refractivity contribution in [2.24, 2.45) is 0 Å². The molecule has 7 nitrogen and oxygen atoms in total. The number of fused-ring (bicyclic) bond motifs is 1. The summed E-state index contributed by atoms with van der Waals surface area (Å²) in [6.45, 7) is 8.12. The average Bonchev–Trinajstić information content (AvgIpc) is 3.06. The summed E-state index contributed by atoms with van der Waals surface area (Å²) in [5.74, 6) is -0.491. The first-order chi connectivity index (χ1) is 14.9. The number of hydrogen-bond donors (Lipinski definition) is 1. The zero-order chi connectivity index (χ0) is 22.5. The topological polar surface area (TPSA) is 94.1 Å². The first-order valence-corrected chi connectivity index (χ1v) is 11.4. The third-order valence-electron chi connectivity index (χ3n) is 5.09. The number of rotatable bonds is 9. The van der Waals surface area contributed by atoms with Crippen LogP contribution in [0.5, 0.6) is 0 Å². The van der Waals surface area contributed by atoms with Gasteiger partial charge in [0, 0.05) is 17.8 Å². The Morgan fingerprint density at radius 2 is 1.94 bits per heavy atom. The van der Waals surface area contributed by atoms with Crippen LogP contribution in [-0.4, -0.2) is 38.6 Å². The minimum absolute atomic E-state index is 0.0902. The number of nitrogens with zero attached hydrogens (tertiary/aromatic N) is 2. The number of ether oxygens (including phenoxy) is 1. The van der Waals surface area contributed by atoms with Gasteiger partial charge in [0.2, 0.25) is 0 Å². The van der Waals surface area contributed by atoms with Crippen LogP contribution in [0.25, 0.3) is 10.9 Å². The van der Waals surface area contributed by atoms with Crippen molar-refractivity contribution in [2.75, 3.05) is 12.4 Å². The van der Waals surface area contributed by atoms with Gasteiger partial charge in [-0.2, -0.15) is 0 Å². The van der Waals surface area contributed by atoms with Crippen LogP contribution >= 0.6 is 11.8 Å². The Kier molecular flexibility index (Phi) is 7.33. The SMILES string of the molecule is CCCCn1c(SCC(=O)c2c(C)[nH]c(C(=O)OCC)c2C)nc2ccccc2c1=O. The van der Waals surface area contributed by atoms with Crippen molar-refractivity contribution in [2.45, 2.75) is 52.2 Å². The molecule has 0 radical (unpaired) electrons. The average molecular weight is 442 g/mol. The predicted octanol–water partition coefficient (Wildman–Crippen LogP) is 4.29. The molecule has 0 atom stereocenters. The highest BCUT2D eigenvalue weighted by atomic mass is 32.2. The number of aryl methyl sites for hydroxylation is 1. The summed E-state index contributed by atoms with van der Waals surface area (Å²) in [5, 5.41) is 1.10. The molecular formula is C23H27N3O4S. The van der Waals surface area contributed by atoms with Crippen LogP contribution < -0.4 is 5.56 Å². The van der Waals surface area contributed by atoms with E-state index in [1.807, 2.05) is 12.1 Å². The Balaban J connectivity index is 1.90. The molecule has 1 aromatic carbocycles. The quantitative estimate of drug-likeness (QED) is 0.230. The van der Waals surface area contributed by atoms with E-state index in [0.29, 0.717) is 45.1 Å². The third kappa shape index (κ3) is 4.74. The molecule has 31 heavy (non-hydrogen) atoms. The number of benzene rings is 1. The van der Waals surface area contributed by atoms with Gasteiger partial charge in [-0.3, -0.25) is 14.2 Å². The number of carbonyl (C=O) groups excluding carboxylic acids is 2. The maximum Gasteiger partial charge on any atom is 0.355 e. The number of ketones is 1. The standard InChI is InChI=1S/C23H27N3O4S/c1-5-7-12-26-21(28)16-10-8-9-11-17(16)25-23(26)31-13-18(27)19-14(3)20(24-15(19)4)22(29)30-6-2/h8-11,24H,5-7,12-13H2,1-4H3. The smallest absolute Gasteiger partial charge is 0.355 e. The maximum absolute atomic E-state index is 13.0. The van der Waals surface area contributed by atoms with Gasteiger partial charge in [-0.1, -0.05) is 37.2 Å². The van der Waals surface area contributed by atoms with Crippen molar-refractivity contribution in [1.29, 1.82) is 0 Å². The van der Waals surface area contributed by atoms with Crippen LogP contribution in [-0.2, 0) is 11.3 Å². The Bertz CT molecular complexity index is 1180. The van der Waals surface area contributed by atoms with Gasteiger partial charge in [0.05, 0.1) is 23.3 Å². The molecule has 0 aliphatic carbocycles. The van der Waals surface area contributed by atoms with Gasteiger partial charge in [0.15, 0.2) is 10.9 Å². The number of aromatic nitrogens is 3. The number of hydrogen-bond acceptors (Lipinski definition) is 6. The molecule has 3 rings (SSSR count). The molecule has 0 saturated heterocycles. The molecule has 0 saturated carbocycles. The minimum atomic E-state index is -0.473. The molecule has 2 heterocycles. The van der Waals surface area contributed by atoms with Gasteiger partial charge in [-0.15, -0.1) is 0 Å². The van der Waals surface area contributed by atoms with Crippen LogP contribution in [0.1, 0.15) is 58.8 Å². The Labute approximate surface area is 185 Å². The van der Waals surface area contributed by atoms with Gasteiger partial charge in [0.25, 0.3) is 5.56 Å². The molecule has 0 bridgehead atoms. The molecule has 164 valence electrons. The molecular weight excluding hydrogens is 414 g/mol. The van der Waals surface area contributed by atoms with Crippen molar-refractivity contribution in [3.05, 3.63) is 57.1 Å². The normalized spacial score (nSPS) is 11.1. The molecule has 0 aliphatic rings. The fraction of sp³-hybridized carbons (Fsp3) is 0.391. The second kappa shape index (κ2) is 9.96. The lowest BCUT2D eigenvalue weighted by molar-refractivity contribution is 0.0519. The van der Waals surface area contributed by atoms with E-state index in [9.17, 15) is 14.4 Å². The number of nitrogens with one attached hydrogen (secondary N) is 1. The van der Waals surface area contributed by atoms with Crippen LogP contribution in [0.2, 0.25) is 0 Å². The van der Waals surface area contributed by atoms with E-state index in [-0.39, 0.29) is 23.7 Å². The van der Waals surface area contributed by atoms with E-state index in [0.717, 1.165) is 12.8 Å².